The van der Waals surface area contributed by atoms with Crippen LogP contribution in [0.2, 0.25) is 0 Å². The van der Waals surface area contributed by atoms with Gasteiger partial charge in [0.05, 0.1) is 0 Å². The van der Waals surface area contributed by atoms with Gasteiger partial charge in [0.1, 0.15) is 5.67 Å². The molecule has 0 saturated heterocycles. The molecule has 1 unspecified atom stereocenters. The highest BCUT2D eigenvalue weighted by Crippen LogP contribution is 2.24. The monoisotopic (exact) mass is 181 g/mol. The first-order chi connectivity index (χ1) is 6.10. The van der Waals surface area contributed by atoms with Crippen LogP contribution in [0.1, 0.15) is 25.0 Å². The van der Waals surface area contributed by atoms with Gasteiger partial charge >= 0.3 is 0 Å². The largest absolute Gasteiger partial charge is 0.327 e. The van der Waals surface area contributed by atoms with E-state index in [1.165, 1.54) is 12.5 Å². The Bertz CT molecular complexity index is 264. The quantitative estimate of drug-likeness (QED) is 0.761. The number of alkyl halides is 1. The third-order valence-corrected chi connectivity index (χ3v) is 2.35. The second kappa shape index (κ2) is 3.88. The van der Waals surface area contributed by atoms with Gasteiger partial charge in [-0.15, -0.1) is 0 Å². The summed E-state index contributed by atoms with van der Waals surface area (Å²) in [5, 5.41) is 0. The van der Waals surface area contributed by atoms with Crippen molar-refractivity contribution in [3.63, 3.8) is 0 Å². The maximum Gasteiger partial charge on any atom is 0.145 e. The van der Waals surface area contributed by atoms with E-state index in [-0.39, 0.29) is 6.54 Å². The van der Waals surface area contributed by atoms with E-state index < -0.39 is 5.67 Å². The van der Waals surface area contributed by atoms with Gasteiger partial charge < -0.3 is 5.73 Å². The molecular weight excluding hydrogens is 165 g/mol. The van der Waals surface area contributed by atoms with Crippen LogP contribution in [0.5, 0.6) is 0 Å². The van der Waals surface area contributed by atoms with Crippen molar-refractivity contribution in [2.75, 3.05) is 6.54 Å². The van der Waals surface area contributed by atoms with Crippen molar-refractivity contribution in [2.24, 2.45) is 5.73 Å². The molecule has 72 valence electrons. The van der Waals surface area contributed by atoms with E-state index in [0.29, 0.717) is 5.56 Å². The zero-order valence-electron chi connectivity index (χ0n) is 8.18. The number of benzene rings is 1. The summed E-state index contributed by atoms with van der Waals surface area (Å²) in [6.45, 7) is 3.61. The van der Waals surface area contributed by atoms with Gasteiger partial charge in [0.25, 0.3) is 0 Å². The summed E-state index contributed by atoms with van der Waals surface area (Å²) in [6, 6.07) is 7.52. The van der Waals surface area contributed by atoms with Crippen molar-refractivity contribution in [3.05, 3.63) is 35.4 Å². The van der Waals surface area contributed by atoms with Crippen LogP contribution in [-0.2, 0) is 12.1 Å². The highest BCUT2D eigenvalue weighted by atomic mass is 19.1. The molecule has 0 aliphatic carbocycles. The Balaban J connectivity index is 2.92. The van der Waals surface area contributed by atoms with Crippen LogP contribution in [0.3, 0.4) is 0 Å². The molecule has 1 nitrogen and oxygen atoms in total. The molecule has 0 radical (unpaired) electrons. The summed E-state index contributed by atoms with van der Waals surface area (Å²) < 4.78 is 13.7. The maximum absolute atomic E-state index is 13.7. The summed E-state index contributed by atoms with van der Waals surface area (Å²) in [5.74, 6) is 0. The minimum Gasteiger partial charge on any atom is -0.327 e. The van der Waals surface area contributed by atoms with Gasteiger partial charge in [0, 0.05) is 6.54 Å². The first-order valence-electron chi connectivity index (χ1n) is 4.58. The van der Waals surface area contributed by atoms with E-state index in [1.54, 1.807) is 0 Å². The number of aryl methyl sites for hydroxylation is 1. The van der Waals surface area contributed by atoms with Crippen molar-refractivity contribution >= 4 is 0 Å². The lowest BCUT2D eigenvalue weighted by Gasteiger charge is -2.18. The van der Waals surface area contributed by atoms with Gasteiger partial charge in [-0.05, 0) is 24.5 Å². The lowest BCUT2D eigenvalue weighted by molar-refractivity contribution is 0.203. The van der Waals surface area contributed by atoms with E-state index >= 15 is 0 Å². The van der Waals surface area contributed by atoms with Crippen molar-refractivity contribution in [2.45, 2.75) is 25.9 Å². The number of halogens is 1. The molecular formula is C11H16FN. The molecule has 0 bridgehead atoms. The Kier molecular flexibility index (Phi) is 3.04. The Morgan fingerprint density at radius 1 is 1.31 bits per heavy atom. The zero-order chi connectivity index (χ0) is 9.90. The SMILES string of the molecule is CCc1ccc(C(C)(F)CN)cc1. The van der Waals surface area contributed by atoms with Crippen LogP contribution < -0.4 is 5.73 Å². The van der Waals surface area contributed by atoms with Gasteiger partial charge in [-0.2, -0.15) is 0 Å². The van der Waals surface area contributed by atoms with Crippen molar-refractivity contribution in [1.29, 1.82) is 0 Å². The lowest BCUT2D eigenvalue weighted by Crippen LogP contribution is -2.26. The summed E-state index contributed by atoms with van der Waals surface area (Å²) in [7, 11) is 0. The maximum atomic E-state index is 13.7. The molecule has 0 aliphatic heterocycles. The summed E-state index contributed by atoms with van der Waals surface area (Å²) >= 11 is 0. The molecule has 1 atom stereocenters. The number of hydrogen-bond acceptors (Lipinski definition) is 1. The molecule has 1 aromatic carbocycles. The Morgan fingerprint density at radius 2 is 1.85 bits per heavy atom. The molecule has 0 fully saturated rings. The topological polar surface area (TPSA) is 26.0 Å². The summed E-state index contributed by atoms with van der Waals surface area (Å²) in [5.41, 5.74) is 5.82. The first kappa shape index (κ1) is 10.2. The third-order valence-electron chi connectivity index (χ3n) is 2.35. The van der Waals surface area contributed by atoms with E-state index in [2.05, 4.69) is 6.92 Å². The number of rotatable bonds is 3. The average Bonchev–Trinajstić information content (AvgIpc) is 2.18. The minimum absolute atomic E-state index is 0.0263. The lowest BCUT2D eigenvalue weighted by atomic mass is 9.97. The highest BCUT2D eigenvalue weighted by molar-refractivity contribution is 5.27. The van der Waals surface area contributed by atoms with Crippen LogP contribution in [-0.4, -0.2) is 6.54 Å². The standard InChI is InChI=1S/C11H16FN/c1-3-9-4-6-10(7-5-9)11(2,12)8-13/h4-7H,3,8,13H2,1-2H3. The average molecular weight is 181 g/mol. The molecule has 0 heterocycles. The Morgan fingerprint density at radius 3 is 2.23 bits per heavy atom. The molecule has 1 rings (SSSR count). The fraction of sp³-hybridized carbons (Fsp3) is 0.455. The summed E-state index contributed by atoms with van der Waals surface area (Å²) in [4.78, 5) is 0. The summed E-state index contributed by atoms with van der Waals surface area (Å²) in [6.07, 6.45) is 0.978. The van der Waals surface area contributed by atoms with Crippen molar-refractivity contribution in [3.8, 4) is 0 Å². The number of nitrogens with two attached hydrogens (primary N) is 1. The predicted molar refractivity (Wildman–Crippen MR) is 53.3 cm³/mol. The normalized spacial score (nSPS) is 15.4. The number of hydrogen-bond donors (Lipinski definition) is 1. The Hall–Kier alpha value is -0.890. The second-order valence-electron chi connectivity index (χ2n) is 3.45. The van der Waals surface area contributed by atoms with Crippen LogP contribution in [0, 0.1) is 0 Å². The zero-order valence-corrected chi connectivity index (χ0v) is 8.18. The predicted octanol–water partition coefficient (Wildman–Crippen LogP) is 2.39. The highest BCUT2D eigenvalue weighted by Gasteiger charge is 2.22. The minimum atomic E-state index is -1.40. The molecule has 2 N–H and O–H groups in total. The fourth-order valence-corrected chi connectivity index (χ4v) is 1.21. The van der Waals surface area contributed by atoms with Gasteiger partial charge in [-0.3, -0.25) is 0 Å². The second-order valence-corrected chi connectivity index (χ2v) is 3.45. The molecule has 0 aliphatic rings. The smallest absolute Gasteiger partial charge is 0.145 e. The molecule has 0 saturated carbocycles. The fourth-order valence-electron chi connectivity index (χ4n) is 1.21. The molecule has 13 heavy (non-hydrogen) atoms. The molecule has 2 heteroatoms. The van der Waals surface area contributed by atoms with E-state index in [1.807, 2.05) is 24.3 Å². The molecule has 0 aromatic heterocycles. The van der Waals surface area contributed by atoms with Crippen LogP contribution in [0.4, 0.5) is 4.39 Å². The first-order valence-corrected chi connectivity index (χ1v) is 4.58. The van der Waals surface area contributed by atoms with Crippen LogP contribution >= 0.6 is 0 Å². The van der Waals surface area contributed by atoms with E-state index in [9.17, 15) is 4.39 Å². The van der Waals surface area contributed by atoms with Crippen molar-refractivity contribution in [1.82, 2.24) is 0 Å². The third kappa shape index (κ3) is 2.28. The van der Waals surface area contributed by atoms with Crippen LogP contribution in [0.15, 0.2) is 24.3 Å². The van der Waals surface area contributed by atoms with Crippen molar-refractivity contribution < 1.29 is 4.39 Å². The molecule has 1 aromatic rings. The molecule has 0 amide bonds. The van der Waals surface area contributed by atoms with E-state index in [0.717, 1.165) is 6.42 Å². The van der Waals surface area contributed by atoms with E-state index in [4.69, 9.17) is 5.73 Å². The van der Waals surface area contributed by atoms with Gasteiger partial charge in [0.15, 0.2) is 0 Å². The van der Waals surface area contributed by atoms with Crippen LogP contribution in [0.25, 0.3) is 0 Å². The van der Waals surface area contributed by atoms with Gasteiger partial charge in [0.2, 0.25) is 0 Å². The Labute approximate surface area is 78.8 Å². The molecule has 0 spiro atoms. The van der Waals surface area contributed by atoms with Gasteiger partial charge in [-0.1, -0.05) is 31.2 Å². The van der Waals surface area contributed by atoms with Gasteiger partial charge in [-0.25, -0.2) is 4.39 Å².